The van der Waals surface area contributed by atoms with E-state index in [-0.39, 0.29) is 45.8 Å². The molecule has 0 bridgehead atoms. The summed E-state index contributed by atoms with van der Waals surface area (Å²) >= 11 is 5.05. The fraction of sp³-hybridized carbons (Fsp3) is 0.136. The third-order valence-electron chi connectivity index (χ3n) is 4.33. The highest BCUT2D eigenvalue weighted by Gasteiger charge is 2.33. The fourth-order valence-electron chi connectivity index (χ4n) is 2.89. The summed E-state index contributed by atoms with van der Waals surface area (Å²) in [6, 6.07) is 12.2. The van der Waals surface area contributed by atoms with Crippen LogP contribution in [0, 0.1) is 0 Å². The predicted octanol–water partition coefficient (Wildman–Crippen LogP) is 2.67. The maximum atomic E-state index is 12.8. The van der Waals surface area contributed by atoms with Crippen molar-refractivity contribution in [1.82, 2.24) is 10.2 Å². The van der Waals surface area contributed by atoms with Gasteiger partial charge in [-0.2, -0.15) is 8.42 Å². The maximum Gasteiger partial charge on any atom is 0.339 e. The van der Waals surface area contributed by atoms with Crippen molar-refractivity contribution >= 4 is 45.3 Å². The molecule has 1 heterocycles. The van der Waals surface area contributed by atoms with Gasteiger partial charge in [0.05, 0.1) is 6.61 Å². The Labute approximate surface area is 191 Å². The monoisotopic (exact) mass is 472 g/mol. The van der Waals surface area contributed by atoms with Gasteiger partial charge in [-0.3, -0.25) is 19.8 Å². The molecule has 32 heavy (non-hydrogen) atoms. The van der Waals surface area contributed by atoms with Crippen molar-refractivity contribution in [2.75, 3.05) is 13.2 Å². The van der Waals surface area contributed by atoms with Gasteiger partial charge in [-0.25, -0.2) is 0 Å². The largest absolute Gasteiger partial charge is 0.490 e. The minimum Gasteiger partial charge on any atom is -0.490 e. The van der Waals surface area contributed by atoms with Gasteiger partial charge in [-0.15, -0.1) is 6.58 Å². The van der Waals surface area contributed by atoms with Crippen LogP contribution in [0.1, 0.15) is 12.5 Å². The SMILES string of the molecule is C=CCN1C(=O)C(=Cc2cccc(OCC)c2OS(=O)(=O)c2ccccc2)C(=O)NC1=S. The number of thiocarbonyl (C=S) groups is 1. The Morgan fingerprint density at radius 1 is 1.12 bits per heavy atom. The summed E-state index contributed by atoms with van der Waals surface area (Å²) < 4.78 is 36.6. The molecule has 0 saturated carbocycles. The second-order valence-corrected chi connectivity index (χ2v) is 8.41. The molecule has 3 rings (SSSR count). The number of ether oxygens (including phenoxy) is 1. The van der Waals surface area contributed by atoms with Gasteiger partial charge in [0, 0.05) is 12.1 Å². The fourth-order valence-corrected chi connectivity index (χ4v) is 4.13. The summed E-state index contributed by atoms with van der Waals surface area (Å²) in [5, 5.41) is 2.40. The molecule has 1 N–H and O–H groups in total. The highest BCUT2D eigenvalue weighted by molar-refractivity contribution is 7.87. The molecule has 2 aromatic rings. The van der Waals surface area contributed by atoms with Crippen LogP contribution in [0.4, 0.5) is 0 Å². The Morgan fingerprint density at radius 2 is 1.84 bits per heavy atom. The van der Waals surface area contributed by atoms with E-state index < -0.39 is 21.9 Å². The van der Waals surface area contributed by atoms with Crippen LogP contribution in [-0.4, -0.2) is 43.4 Å². The number of benzene rings is 2. The van der Waals surface area contributed by atoms with Crippen molar-refractivity contribution in [1.29, 1.82) is 0 Å². The van der Waals surface area contributed by atoms with Crippen LogP contribution in [-0.2, 0) is 19.7 Å². The maximum absolute atomic E-state index is 12.8. The summed E-state index contributed by atoms with van der Waals surface area (Å²) in [5.41, 5.74) is -0.0728. The molecule has 8 nitrogen and oxygen atoms in total. The highest BCUT2D eigenvalue weighted by atomic mass is 32.2. The zero-order valence-corrected chi connectivity index (χ0v) is 18.7. The van der Waals surface area contributed by atoms with E-state index in [0.717, 1.165) is 0 Å². The average Bonchev–Trinajstić information content (AvgIpc) is 2.76. The van der Waals surface area contributed by atoms with Crippen molar-refractivity contribution in [3.63, 3.8) is 0 Å². The van der Waals surface area contributed by atoms with E-state index in [4.69, 9.17) is 21.1 Å². The molecule has 166 valence electrons. The summed E-state index contributed by atoms with van der Waals surface area (Å²) in [4.78, 5) is 26.4. The first-order valence-electron chi connectivity index (χ1n) is 9.53. The number of amides is 2. The molecule has 0 aromatic heterocycles. The zero-order chi connectivity index (χ0) is 23.3. The lowest BCUT2D eigenvalue weighted by molar-refractivity contribution is -0.128. The molecular formula is C22H20N2O6S2. The van der Waals surface area contributed by atoms with Crippen LogP contribution >= 0.6 is 12.2 Å². The van der Waals surface area contributed by atoms with Crippen molar-refractivity contribution in [2.45, 2.75) is 11.8 Å². The molecule has 1 saturated heterocycles. The van der Waals surface area contributed by atoms with Crippen molar-refractivity contribution < 1.29 is 26.9 Å². The molecule has 2 aromatic carbocycles. The molecule has 0 unspecified atom stereocenters. The van der Waals surface area contributed by atoms with Crippen LogP contribution < -0.4 is 14.2 Å². The third kappa shape index (κ3) is 4.87. The number of hydrogen-bond donors (Lipinski definition) is 1. The van der Waals surface area contributed by atoms with E-state index in [0.29, 0.717) is 0 Å². The van der Waals surface area contributed by atoms with Crippen LogP contribution in [0.25, 0.3) is 6.08 Å². The highest BCUT2D eigenvalue weighted by Crippen LogP contribution is 2.35. The first kappa shape index (κ1) is 23.2. The molecular weight excluding hydrogens is 452 g/mol. The molecule has 10 heteroatoms. The minimum atomic E-state index is -4.21. The zero-order valence-electron chi connectivity index (χ0n) is 17.1. The van der Waals surface area contributed by atoms with E-state index >= 15 is 0 Å². The smallest absolute Gasteiger partial charge is 0.339 e. The standard InChI is InChI=1S/C22H20N2O6S2/c1-3-13-24-21(26)17(20(25)23-22(24)31)14-15-9-8-12-18(29-4-2)19(15)30-32(27,28)16-10-6-5-7-11-16/h3,5-12,14H,1,4,13H2,2H3,(H,23,25,31). The summed E-state index contributed by atoms with van der Waals surface area (Å²) in [6.45, 7) is 5.64. The molecule has 1 aliphatic rings. The molecule has 0 atom stereocenters. The molecule has 1 aliphatic heterocycles. The van der Waals surface area contributed by atoms with Crippen molar-refractivity contribution in [2.24, 2.45) is 0 Å². The number of para-hydroxylation sites is 1. The summed E-state index contributed by atoms with van der Waals surface area (Å²) in [5.74, 6) is -1.35. The molecule has 0 radical (unpaired) electrons. The average molecular weight is 473 g/mol. The molecule has 0 aliphatic carbocycles. The lowest BCUT2D eigenvalue weighted by Gasteiger charge is -2.27. The summed E-state index contributed by atoms with van der Waals surface area (Å²) in [6.07, 6.45) is 2.71. The predicted molar refractivity (Wildman–Crippen MR) is 122 cm³/mol. The topological polar surface area (TPSA) is 102 Å². The molecule has 1 fully saturated rings. The number of rotatable bonds is 8. The second-order valence-electron chi connectivity index (χ2n) is 6.48. The number of hydrogen-bond acceptors (Lipinski definition) is 7. The minimum absolute atomic E-state index is 0.0387. The third-order valence-corrected chi connectivity index (χ3v) is 5.89. The van der Waals surface area contributed by atoms with Gasteiger partial charge in [0.1, 0.15) is 10.5 Å². The number of nitrogens with one attached hydrogen (secondary N) is 1. The molecule has 2 amide bonds. The summed E-state index contributed by atoms with van der Waals surface area (Å²) in [7, 11) is -4.21. The normalized spacial score (nSPS) is 15.5. The Hall–Kier alpha value is -3.50. The quantitative estimate of drug-likeness (QED) is 0.207. The number of nitrogens with zero attached hydrogens (tertiary/aromatic N) is 1. The van der Waals surface area contributed by atoms with Crippen LogP contribution in [0.3, 0.4) is 0 Å². The molecule has 0 spiro atoms. The van der Waals surface area contributed by atoms with Crippen molar-refractivity contribution in [3.8, 4) is 11.5 Å². The Balaban J connectivity index is 2.10. The second kappa shape index (κ2) is 9.75. The van der Waals surface area contributed by atoms with E-state index in [9.17, 15) is 18.0 Å². The first-order valence-corrected chi connectivity index (χ1v) is 11.3. The van der Waals surface area contributed by atoms with Gasteiger partial charge in [0.25, 0.3) is 11.8 Å². The van der Waals surface area contributed by atoms with E-state index in [2.05, 4.69) is 11.9 Å². The first-order chi connectivity index (χ1) is 15.3. The van der Waals surface area contributed by atoms with Crippen molar-refractivity contribution in [3.05, 3.63) is 72.3 Å². The van der Waals surface area contributed by atoms with E-state index in [1.54, 1.807) is 31.2 Å². The number of carbonyl (C=O) groups is 2. The Bertz CT molecular complexity index is 1210. The number of carbonyl (C=O) groups excluding carboxylic acids is 2. The lowest BCUT2D eigenvalue weighted by Crippen LogP contribution is -2.53. The van der Waals surface area contributed by atoms with E-state index in [1.807, 2.05) is 0 Å². The van der Waals surface area contributed by atoms with Crippen LogP contribution in [0.5, 0.6) is 11.5 Å². The van der Waals surface area contributed by atoms with Gasteiger partial charge in [-0.1, -0.05) is 36.4 Å². The van der Waals surface area contributed by atoms with Crippen LogP contribution in [0.15, 0.2) is 71.7 Å². The van der Waals surface area contributed by atoms with Gasteiger partial charge in [0.2, 0.25) is 0 Å². The lowest BCUT2D eigenvalue weighted by atomic mass is 10.1. The van der Waals surface area contributed by atoms with Gasteiger partial charge in [-0.05, 0) is 43.4 Å². The Morgan fingerprint density at radius 3 is 2.50 bits per heavy atom. The Kier molecular flexibility index (Phi) is 7.06. The van der Waals surface area contributed by atoms with Crippen LogP contribution in [0.2, 0.25) is 0 Å². The van der Waals surface area contributed by atoms with Gasteiger partial charge >= 0.3 is 10.1 Å². The van der Waals surface area contributed by atoms with Gasteiger partial charge < -0.3 is 8.92 Å². The van der Waals surface area contributed by atoms with E-state index in [1.165, 1.54) is 41.3 Å². The van der Waals surface area contributed by atoms with Gasteiger partial charge in [0.15, 0.2) is 16.6 Å².